The molecule has 0 unspecified atom stereocenters. The van der Waals surface area contributed by atoms with Gasteiger partial charge in [0.15, 0.2) is 0 Å². The fourth-order valence-electron chi connectivity index (χ4n) is 1.35. The van der Waals surface area contributed by atoms with Crippen LogP contribution in [0.25, 0.3) is 10.9 Å². The van der Waals surface area contributed by atoms with Gasteiger partial charge in [0.25, 0.3) is 0 Å². The van der Waals surface area contributed by atoms with E-state index < -0.39 is 0 Å². The molecule has 0 radical (unpaired) electrons. The third-order valence-electron chi connectivity index (χ3n) is 2.07. The van der Waals surface area contributed by atoms with Crippen LogP contribution in [0.4, 0.5) is 0 Å². The number of ether oxygens (including phenoxy) is 1. The van der Waals surface area contributed by atoms with Crippen molar-refractivity contribution in [2.75, 3.05) is 7.11 Å². The molecule has 0 saturated carbocycles. The van der Waals surface area contributed by atoms with Gasteiger partial charge in [0, 0.05) is 18.9 Å². The molecule has 0 amide bonds. The molecule has 1 aromatic heterocycles. The maximum Gasteiger partial charge on any atom is 0.354 e. The maximum absolute atomic E-state index is 11.3. The second-order valence-electron chi connectivity index (χ2n) is 3.03. The van der Waals surface area contributed by atoms with Gasteiger partial charge in [-0.05, 0) is 56.7 Å². The van der Waals surface area contributed by atoms with Crippen LogP contribution < -0.4 is 0 Å². The molecule has 15 heavy (non-hydrogen) atoms. The van der Waals surface area contributed by atoms with Gasteiger partial charge in [-0.25, -0.2) is 4.79 Å². The van der Waals surface area contributed by atoms with Crippen molar-refractivity contribution < 1.29 is 9.53 Å². The number of esters is 1. The highest BCUT2D eigenvalue weighted by atomic mass is 127. The summed E-state index contributed by atoms with van der Waals surface area (Å²) in [5.41, 5.74) is 1.39. The van der Waals surface area contributed by atoms with Gasteiger partial charge in [0.2, 0.25) is 0 Å². The van der Waals surface area contributed by atoms with Crippen LogP contribution in [-0.4, -0.2) is 18.1 Å². The molecule has 0 atom stereocenters. The lowest BCUT2D eigenvalue weighted by Crippen LogP contribution is -2.00. The zero-order valence-electron chi connectivity index (χ0n) is 7.80. The Bertz CT molecular complexity index is 496. The Hall–Kier alpha value is -0.560. The molecular formula is C10H7BrINO2. The molecule has 0 spiro atoms. The van der Waals surface area contributed by atoms with Gasteiger partial charge in [0.05, 0.1) is 7.11 Å². The summed E-state index contributed by atoms with van der Waals surface area (Å²) in [5, 5.41) is 1.00. The highest BCUT2D eigenvalue weighted by molar-refractivity contribution is 14.1. The van der Waals surface area contributed by atoms with Crippen LogP contribution in [0.2, 0.25) is 0 Å². The smallest absolute Gasteiger partial charge is 0.354 e. The first-order valence-corrected chi connectivity index (χ1v) is 6.05. The summed E-state index contributed by atoms with van der Waals surface area (Å²) >= 11 is 5.67. The lowest BCUT2D eigenvalue weighted by Gasteiger charge is -1.95. The summed E-state index contributed by atoms with van der Waals surface area (Å²) in [6, 6.07) is 5.74. The van der Waals surface area contributed by atoms with Gasteiger partial charge in [-0.2, -0.15) is 0 Å². The quantitative estimate of drug-likeness (QED) is 0.610. The number of hydrogen-bond donors (Lipinski definition) is 1. The number of carbonyl (C=O) groups excluding carboxylic acids is 1. The molecule has 0 aliphatic rings. The molecule has 1 heterocycles. The van der Waals surface area contributed by atoms with Crippen molar-refractivity contribution in [2.24, 2.45) is 0 Å². The van der Waals surface area contributed by atoms with Crippen molar-refractivity contribution in [3.05, 3.63) is 31.9 Å². The minimum Gasteiger partial charge on any atom is -0.464 e. The van der Waals surface area contributed by atoms with Crippen molar-refractivity contribution >= 4 is 55.4 Å². The molecule has 0 saturated heterocycles. The second-order valence-corrected chi connectivity index (χ2v) is 5.04. The van der Waals surface area contributed by atoms with Gasteiger partial charge in [-0.1, -0.05) is 0 Å². The molecule has 0 fully saturated rings. The first-order valence-electron chi connectivity index (χ1n) is 4.18. The standard InChI is InChI=1S/C10H7BrINO2/c1-15-10(14)9-3-5-2-7(12)6(11)4-8(5)13-9/h2-4,13H,1H3. The number of aromatic amines is 1. The van der Waals surface area contributed by atoms with Gasteiger partial charge in [-0.15, -0.1) is 0 Å². The summed E-state index contributed by atoms with van der Waals surface area (Å²) in [4.78, 5) is 14.3. The Labute approximate surface area is 108 Å². The van der Waals surface area contributed by atoms with Crippen LogP contribution in [0.15, 0.2) is 22.7 Å². The minimum absolute atomic E-state index is 0.350. The van der Waals surface area contributed by atoms with Gasteiger partial charge in [0.1, 0.15) is 5.69 Å². The Balaban J connectivity index is 2.61. The van der Waals surface area contributed by atoms with E-state index in [2.05, 4.69) is 48.2 Å². The molecule has 3 nitrogen and oxygen atoms in total. The van der Waals surface area contributed by atoms with Gasteiger partial charge in [-0.3, -0.25) is 0 Å². The number of carbonyl (C=O) groups is 1. The van der Waals surface area contributed by atoms with Crippen molar-refractivity contribution in [1.29, 1.82) is 0 Å². The van der Waals surface area contributed by atoms with E-state index >= 15 is 0 Å². The molecule has 0 aliphatic heterocycles. The normalized spacial score (nSPS) is 10.6. The SMILES string of the molecule is COC(=O)c1cc2cc(I)c(Br)cc2[nH]1. The number of H-pyrrole nitrogens is 1. The first-order chi connectivity index (χ1) is 7.11. The molecular weight excluding hydrogens is 373 g/mol. The number of fused-ring (bicyclic) bond motifs is 1. The van der Waals surface area contributed by atoms with Crippen LogP contribution in [0.1, 0.15) is 10.5 Å². The van der Waals surface area contributed by atoms with Crippen LogP contribution in [-0.2, 0) is 4.74 Å². The van der Waals surface area contributed by atoms with Crippen molar-refractivity contribution in [2.45, 2.75) is 0 Å². The Morgan fingerprint density at radius 3 is 2.87 bits per heavy atom. The number of nitrogens with one attached hydrogen (secondary N) is 1. The summed E-state index contributed by atoms with van der Waals surface area (Å²) in [7, 11) is 1.37. The molecule has 0 aliphatic carbocycles. The Morgan fingerprint density at radius 2 is 2.20 bits per heavy atom. The molecule has 2 rings (SSSR count). The number of methoxy groups -OCH3 is 1. The zero-order valence-corrected chi connectivity index (χ0v) is 11.5. The summed E-state index contributed by atoms with van der Waals surface area (Å²) in [6.45, 7) is 0. The fourth-order valence-corrected chi connectivity index (χ4v) is 2.18. The van der Waals surface area contributed by atoms with Crippen molar-refractivity contribution in [3.8, 4) is 0 Å². The molecule has 78 valence electrons. The van der Waals surface area contributed by atoms with Crippen LogP contribution in [0.3, 0.4) is 0 Å². The van der Waals surface area contributed by atoms with E-state index in [1.165, 1.54) is 7.11 Å². The lowest BCUT2D eigenvalue weighted by atomic mass is 10.2. The van der Waals surface area contributed by atoms with E-state index in [4.69, 9.17) is 0 Å². The zero-order chi connectivity index (χ0) is 11.0. The Kier molecular flexibility index (Phi) is 3.01. The predicted molar refractivity (Wildman–Crippen MR) is 70.1 cm³/mol. The van der Waals surface area contributed by atoms with Gasteiger partial charge >= 0.3 is 5.97 Å². The summed E-state index contributed by atoms with van der Waals surface area (Å²) in [5.74, 6) is -0.350. The van der Waals surface area contributed by atoms with E-state index in [9.17, 15) is 4.79 Å². The monoisotopic (exact) mass is 379 g/mol. The highest BCUT2D eigenvalue weighted by Crippen LogP contribution is 2.26. The van der Waals surface area contributed by atoms with Crippen LogP contribution in [0, 0.1) is 3.57 Å². The average molecular weight is 380 g/mol. The van der Waals surface area contributed by atoms with Crippen LogP contribution in [0.5, 0.6) is 0 Å². The molecule has 5 heteroatoms. The predicted octanol–water partition coefficient (Wildman–Crippen LogP) is 3.32. The molecule has 1 aromatic carbocycles. The van der Waals surface area contributed by atoms with E-state index in [1.54, 1.807) is 6.07 Å². The van der Waals surface area contributed by atoms with E-state index in [0.717, 1.165) is 18.9 Å². The fraction of sp³-hybridized carbons (Fsp3) is 0.100. The summed E-state index contributed by atoms with van der Waals surface area (Å²) in [6.07, 6.45) is 0. The highest BCUT2D eigenvalue weighted by Gasteiger charge is 2.10. The molecule has 2 aromatic rings. The van der Waals surface area contributed by atoms with Crippen molar-refractivity contribution in [3.63, 3.8) is 0 Å². The number of aromatic nitrogens is 1. The molecule has 1 N–H and O–H groups in total. The maximum atomic E-state index is 11.3. The third kappa shape index (κ3) is 2.03. The van der Waals surface area contributed by atoms with E-state index in [-0.39, 0.29) is 5.97 Å². The summed E-state index contributed by atoms with van der Waals surface area (Å²) < 4.78 is 6.76. The number of benzene rings is 1. The number of hydrogen-bond acceptors (Lipinski definition) is 2. The average Bonchev–Trinajstić information content (AvgIpc) is 2.60. The second kappa shape index (κ2) is 4.13. The number of halogens is 2. The van der Waals surface area contributed by atoms with E-state index in [1.807, 2.05) is 12.1 Å². The lowest BCUT2D eigenvalue weighted by molar-refractivity contribution is 0.0595. The first kappa shape index (κ1) is 10.9. The topological polar surface area (TPSA) is 42.1 Å². The third-order valence-corrected chi connectivity index (χ3v) is 4.36. The van der Waals surface area contributed by atoms with Crippen LogP contribution >= 0.6 is 38.5 Å². The molecule has 0 bridgehead atoms. The number of rotatable bonds is 1. The van der Waals surface area contributed by atoms with Crippen molar-refractivity contribution in [1.82, 2.24) is 4.98 Å². The largest absolute Gasteiger partial charge is 0.464 e. The van der Waals surface area contributed by atoms with E-state index in [0.29, 0.717) is 5.69 Å². The minimum atomic E-state index is -0.350. The Morgan fingerprint density at radius 1 is 1.47 bits per heavy atom. The van der Waals surface area contributed by atoms with Gasteiger partial charge < -0.3 is 9.72 Å².